The summed E-state index contributed by atoms with van der Waals surface area (Å²) in [5.74, 6) is -0.327. The second kappa shape index (κ2) is 5.56. The molecule has 0 spiro atoms. The fourth-order valence-electron chi connectivity index (χ4n) is 1.39. The minimum absolute atomic E-state index is 0.147. The van der Waals surface area contributed by atoms with Crippen molar-refractivity contribution >= 4 is 52.0 Å². The zero-order valence-corrected chi connectivity index (χ0v) is 11.7. The third kappa shape index (κ3) is 2.58. The van der Waals surface area contributed by atoms with Gasteiger partial charge in [-0.2, -0.15) is 4.37 Å². The molecule has 0 atom stereocenters. The zero-order chi connectivity index (χ0) is 13.1. The maximum atomic E-state index is 12.0. The highest BCUT2D eigenvalue weighted by Gasteiger charge is 2.18. The van der Waals surface area contributed by atoms with Gasteiger partial charge in [0.25, 0.3) is 5.91 Å². The highest BCUT2D eigenvalue weighted by Crippen LogP contribution is 2.30. The van der Waals surface area contributed by atoms with Crippen LogP contribution in [0.2, 0.25) is 10.2 Å². The molecule has 0 radical (unpaired) electrons. The number of rotatable bonds is 3. The van der Waals surface area contributed by atoms with Crippen molar-refractivity contribution in [1.29, 1.82) is 0 Å². The first-order valence-corrected chi connectivity index (χ1v) is 6.55. The quantitative estimate of drug-likeness (QED) is 0.908. The monoisotopic (exact) mass is 301 g/mol. The first kappa shape index (κ1) is 13.1. The predicted molar refractivity (Wildman–Crippen MR) is 76.1 cm³/mol. The van der Waals surface area contributed by atoms with Crippen molar-refractivity contribution in [3.63, 3.8) is 0 Å². The molecule has 1 aromatic carbocycles. The molecule has 1 heterocycles. The second-order valence-electron chi connectivity index (χ2n) is 3.37. The summed E-state index contributed by atoms with van der Waals surface area (Å²) in [5.41, 5.74) is 1.49. The van der Waals surface area contributed by atoms with Crippen molar-refractivity contribution in [3.8, 4) is 0 Å². The number of hydrogen-bond donors (Lipinski definition) is 2. The molecule has 0 bridgehead atoms. The number of para-hydroxylation sites is 2. The van der Waals surface area contributed by atoms with Crippen molar-refractivity contribution in [2.24, 2.45) is 0 Å². The van der Waals surface area contributed by atoms with Crippen LogP contribution in [-0.4, -0.2) is 17.3 Å². The molecular formula is C11H9Cl2N3OS. The van der Waals surface area contributed by atoms with Crippen LogP contribution in [-0.2, 0) is 0 Å². The molecule has 0 fully saturated rings. The van der Waals surface area contributed by atoms with E-state index in [9.17, 15) is 4.79 Å². The van der Waals surface area contributed by atoms with E-state index < -0.39 is 0 Å². The summed E-state index contributed by atoms with van der Waals surface area (Å²) < 4.78 is 3.82. The third-order valence-electron chi connectivity index (χ3n) is 2.25. The SMILES string of the molecule is CNc1ccccc1NC(=O)c1snc(Cl)c1Cl. The van der Waals surface area contributed by atoms with Gasteiger partial charge in [0, 0.05) is 7.05 Å². The smallest absolute Gasteiger partial charge is 0.269 e. The Morgan fingerprint density at radius 1 is 1.28 bits per heavy atom. The lowest BCUT2D eigenvalue weighted by Crippen LogP contribution is -2.12. The predicted octanol–water partition coefficient (Wildman–Crippen LogP) is 3.74. The van der Waals surface area contributed by atoms with Gasteiger partial charge in [-0.05, 0) is 23.7 Å². The highest BCUT2D eigenvalue weighted by molar-refractivity contribution is 7.09. The second-order valence-corrected chi connectivity index (χ2v) is 4.88. The third-order valence-corrected chi connectivity index (χ3v) is 4.04. The Balaban J connectivity index is 2.24. The average molecular weight is 302 g/mol. The Morgan fingerprint density at radius 3 is 2.50 bits per heavy atom. The van der Waals surface area contributed by atoms with Crippen LogP contribution < -0.4 is 10.6 Å². The number of halogens is 2. The van der Waals surface area contributed by atoms with Crippen LogP contribution in [0.25, 0.3) is 0 Å². The van der Waals surface area contributed by atoms with Crippen molar-refractivity contribution < 1.29 is 4.79 Å². The van der Waals surface area contributed by atoms with E-state index >= 15 is 0 Å². The first-order valence-electron chi connectivity index (χ1n) is 5.02. The van der Waals surface area contributed by atoms with E-state index in [1.54, 1.807) is 13.1 Å². The van der Waals surface area contributed by atoms with Gasteiger partial charge in [0.05, 0.1) is 11.4 Å². The van der Waals surface area contributed by atoms with Gasteiger partial charge in [-0.3, -0.25) is 4.79 Å². The van der Waals surface area contributed by atoms with E-state index in [4.69, 9.17) is 23.2 Å². The summed E-state index contributed by atoms with van der Waals surface area (Å²) in [4.78, 5) is 12.3. The molecule has 0 saturated heterocycles. The molecule has 18 heavy (non-hydrogen) atoms. The lowest BCUT2D eigenvalue weighted by molar-refractivity contribution is 0.103. The van der Waals surface area contributed by atoms with Gasteiger partial charge in [0.2, 0.25) is 0 Å². The fraction of sp³-hybridized carbons (Fsp3) is 0.0909. The Bertz CT molecular complexity index is 585. The van der Waals surface area contributed by atoms with Crippen LogP contribution in [0.15, 0.2) is 24.3 Å². The van der Waals surface area contributed by atoms with Gasteiger partial charge in [-0.1, -0.05) is 35.3 Å². The molecular weight excluding hydrogens is 293 g/mol. The summed E-state index contributed by atoms with van der Waals surface area (Å²) in [6.45, 7) is 0. The molecule has 94 valence electrons. The standard InChI is InChI=1S/C11H9Cl2N3OS/c1-14-6-4-2-3-5-7(6)15-11(17)9-8(12)10(13)16-18-9/h2-5,14H,1H3,(H,15,17). The summed E-state index contributed by atoms with van der Waals surface area (Å²) in [6, 6.07) is 7.35. The molecule has 7 heteroatoms. The number of carbonyl (C=O) groups is 1. The van der Waals surface area contributed by atoms with E-state index in [1.165, 1.54) is 0 Å². The van der Waals surface area contributed by atoms with Crippen molar-refractivity contribution in [3.05, 3.63) is 39.3 Å². The summed E-state index contributed by atoms with van der Waals surface area (Å²) in [7, 11) is 1.78. The molecule has 2 N–H and O–H groups in total. The number of amides is 1. The molecule has 0 aliphatic carbocycles. The van der Waals surface area contributed by atoms with Crippen molar-refractivity contribution in [2.75, 3.05) is 17.7 Å². The van der Waals surface area contributed by atoms with Crippen LogP contribution in [0.5, 0.6) is 0 Å². The van der Waals surface area contributed by atoms with Crippen LogP contribution in [0.3, 0.4) is 0 Å². The maximum absolute atomic E-state index is 12.0. The van der Waals surface area contributed by atoms with Crippen LogP contribution in [0.1, 0.15) is 9.67 Å². The number of nitrogens with one attached hydrogen (secondary N) is 2. The molecule has 2 aromatic rings. The zero-order valence-electron chi connectivity index (χ0n) is 9.33. The largest absolute Gasteiger partial charge is 0.386 e. The molecule has 0 aliphatic rings. The normalized spacial score (nSPS) is 10.2. The molecule has 1 aromatic heterocycles. The van der Waals surface area contributed by atoms with Gasteiger partial charge in [0.1, 0.15) is 9.90 Å². The molecule has 0 unspecified atom stereocenters. The minimum Gasteiger partial charge on any atom is -0.386 e. The average Bonchev–Trinajstić information content (AvgIpc) is 2.71. The lowest BCUT2D eigenvalue weighted by Gasteiger charge is -2.09. The lowest BCUT2D eigenvalue weighted by atomic mass is 10.2. The Labute approximate surface area is 118 Å². The summed E-state index contributed by atoms with van der Waals surface area (Å²) in [5, 5.41) is 6.07. The number of anilines is 2. The number of hydrogen-bond acceptors (Lipinski definition) is 4. The molecule has 4 nitrogen and oxygen atoms in total. The van der Waals surface area contributed by atoms with E-state index in [1.807, 2.05) is 18.2 Å². The Morgan fingerprint density at radius 2 is 1.94 bits per heavy atom. The highest BCUT2D eigenvalue weighted by atomic mass is 35.5. The molecule has 1 amide bonds. The van der Waals surface area contributed by atoms with Gasteiger partial charge in [-0.25, -0.2) is 0 Å². The van der Waals surface area contributed by atoms with E-state index in [0.29, 0.717) is 10.6 Å². The Hall–Kier alpha value is -1.30. The van der Waals surface area contributed by atoms with Crippen molar-refractivity contribution in [1.82, 2.24) is 4.37 Å². The molecule has 2 rings (SSSR count). The van der Waals surface area contributed by atoms with Gasteiger partial charge in [0.15, 0.2) is 5.15 Å². The topological polar surface area (TPSA) is 54.0 Å². The van der Waals surface area contributed by atoms with Gasteiger partial charge < -0.3 is 10.6 Å². The Kier molecular flexibility index (Phi) is 4.06. The van der Waals surface area contributed by atoms with Crippen LogP contribution in [0.4, 0.5) is 11.4 Å². The fourth-order valence-corrected chi connectivity index (χ4v) is 2.50. The number of carbonyl (C=O) groups excluding carboxylic acids is 1. The maximum Gasteiger partial charge on any atom is 0.269 e. The van der Waals surface area contributed by atoms with E-state index in [0.717, 1.165) is 17.2 Å². The number of benzene rings is 1. The number of aromatic nitrogens is 1. The number of nitrogens with zero attached hydrogens (tertiary/aromatic N) is 1. The minimum atomic E-state index is -0.327. The summed E-state index contributed by atoms with van der Waals surface area (Å²) >= 11 is 12.6. The van der Waals surface area contributed by atoms with Crippen LogP contribution >= 0.6 is 34.7 Å². The molecule has 0 aliphatic heterocycles. The van der Waals surface area contributed by atoms with E-state index in [-0.39, 0.29) is 16.1 Å². The van der Waals surface area contributed by atoms with Crippen molar-refractivity contribution in [2.45, 2.75) is 0 Å². The van der Waals surface area contributed by atoms with Gasteiger partial charge >= 0.3 is 0 Å². The van der Waals surface area contributed by atoms with Gasteiger partial charge in [-0.15, -0.1) is 0 Å². The first-order chi connectivity index (χ1) is 8.63. The molecule has 0 saturated carbocycles. The van der Waals surface area contributed by atoms with E-state index in [2.05, 4.69) is 15.0 Å². The van der Waals surface area contributed by atoms with Crippen LogP contribution in [0, 0.1) is 0 Å². The summed E-state index contributed by atoms with van der Waals surface area (Å²) in [6.07, 6.45) is 0.